The Morgan fingerprint density at radius 3 is 2.81 bits per heavy atom. The molecule has 1 aromatic rings. The quantitative estimate of drug-likeness (QED) is 0.835. The first-order valence-electron chi connectivity index (χ1n) is 7.89. The van der Waals surface area contributed by atoms with Gasteiger partial charge in [-0.3, -0.25) is 4.68 Å². The van der Waals surface area contributed by atoms with Gasteiger partial charge in [-0.15, -0.1) is 0 Å². The Balaban J connectivity index is 2.13. The fourth-order valence-electron chi connectivity index (χ4n) is 2.86. The molecule has 120 valence electrons. The van der Waals surface area contributed by atoms with Crippen molar-refractivity contribution in [3.05, 3.63) is 17.5 Å². The van der Waals surface area contributed by atoms with Gasteiger partial charge in [0, 0.05) is 17.8 Å². The van der Waals surface area contributed by atoms with E-state index in [1.54, 1.807) is 0 Å². The lowest BCUT2D eigenvalue weighted by molar-refractivity contribution is 0.476. The summed E-state index contributed by atoms with van der Waals surface area (Å²) in [6.45, 7) is 8.31. The highest BCUT2D eigenvalue weighted by Crippen LogP contribution is 2.26. The van der Waals surface area contributed by atoms with E-state index in [1.807, 2.05) is 10.9 Å². The summed E-state index contributed by atoms with van der Waals surface area (Å²) in [5.41, 5.74) is 2.41. The van der Waals surface area contributed by atoms with E-state index in [2.05, 4.69) is 31.2 Å². The van der Waals surface area contributed by atoms with Crippen LogP contribution < -0.4 is 5.32 Å². The summed E-state index contributed by atoms with van der Waals surface area (Å²) in [5.74, 6) is 1.16. The highest BCUT2D eigenvalue weighted by Gasteiger charge is 2.31. The molecule has 5 nitrogen and oxygen atoms in total. The minimum Gasteiger partial charge on any atom is -0.312 e. The van der Waals surface area contributed by atoms with Crippen LogP contribution in [0.15, 0.2) is 6.20 Å². The van der Waals surface area contributed by atoms with Crippen molar-refractivity contribution in [2.45, 2.75) is 52.6 Å². The molecule has 1 saturated heterocycles. The Labute approximate surface area is 128 Å². The van der Waals surface area contributed by atoms with Gasteiger partial charge in [-0.2, -0.15) is 5.10 Å². The van der Waals surface area contributed by atoms with E-state index < -0.39 is 9.84 Å². The molecule has 21 heavy (non-hydrogen) atoms. The van der Waals surface area contributed by atoms with Crippen molar-refractivity contribution in [1.82, 2.24) is 15.1 Å². The zero-order valence-electron chi connectivity index (χ0n) is 13.3. The standard InChI is InChI=1S/C15H27N3O2S/c1-4-5-15-13(9-16-8-12(2)3)10-17-18(15)14-6-7-21(19,20)11-14/h10,12,14,16H,4-9,11H2,1-3H3. The third kappa shape index (κ3) is 4.30. The number of nitrogens with zero attached hydrogens (tertiary/aromatic N) is 2. The maximum atomic E-state index is 11.7. The summed E-state index contributed by atoms with van der Waals surface area (Å²) in [5, 5.41) is 7.94. The van der Waals surface area contributed by atoms with Crippen LogP contribution in [-0.4, -0.2) is 36.2 Å². The topological polar surface area (TPSA) is 64.0 Å². The van der Waals surface area contributed by atoms with Gasteiger partial charge in [0.2, 0.25) is 0 Å². The molecule has 0 spiro atoms. The first kappa shape index (κ1) is 16.5. The summed E-state index contributed by atoms with van der Waals surface area (Å²) < 4.78 is 25.3. The van der Waals surface area contributed by atoms with Crippen LogP contribution in [0.25, 0.3) is 0 Å². The zero-order chi connectivity index (χ0) is 15.5. The van der Waals surface area contributed by atoms with E-state index in [-0.39, 0.29) is 11.8 Å². The number of rotatable bonds is 7. The monoisotopic (exact) mass is 313 g/mol. The van der Waals surface area contributed by atoms with Gasteiger partial charge in [-0.05, 0) is 25.3 Å². The third-order valence-corrected chi connectivity index (χ3v) is 5.64. The van der Waals surface area contributed by atoms with E-state index in [4.69, 9.17) is 0 Å². The van der Waals surface area contributed by atoms with Gasteiger partial charge in [0.05, 0.1) is 23.7 Å². The predicted octanol–water partition coefficient (Wildman–Crippen LogP) is 1.94. The molecule has 6 heteroatoms. The van der Waals surface area contributed by atoms with E-state index in [9.17, 15) is 8.42 Å². The number of sulfone groups is 1. The second-order valence-electron chi connectivity index (χ2n) is 6.39. The Bertz CT molecular complexity index is 563. The smallest absolute Gasteiger partial charge is 0.152 e. The zero-order valence-corrected chi connectivity index (χ0v) is 14.1. The fraction of sp³-hybridized carbons (Fsp3) is 0.800. The highest BCUT2D eigenvalue weighted by atomic mass is 32.2. The lowest BCUT2D eigenvalue weighted by Crippen LogP contribution is -2.20. The van der Waals surface area contributed by atoms with Gasteiger partial charge >= 0.3 is 0 Å². The van der Waals surface area contributed by atoms with Gasteiger partial charge in [0.1, 0.15) is 0 Å². The van der Waals surface area contributed by atoms with Crippen molar-refractivity contribution >= 4 is 9.84 Å². The van der Waals surface area contributed by atoms with Crippen molar-refractivity contribution < 1.29 is 8.42 Å². The van der Waals surface area contributed by atoms with Crippen LogP contribution in [0.2, 0.25) is 0 Å². The predicted molar refractivity (Wildman–Crippen MR) is 85.1 cm³/mol. The first-order valence-corrected chi connectivity index (χ1v) is 9.71. The number of hydrogen-bond donors (Lipinski definition) is 1. The Kier molecular flexibility index (Phi) is 5.43. The van der Waals surface area contributed by atoms with Crippen molar-refractivity contribution in [3.8, 4) is 0 Å². The molecule has 2 rings (SSSR count). The van der Waals surface area contributed by atoms with E-state index in [0.717, 1.165) is 25.9 Å². The molecule has 1 unspecified atom stereocenters. The van der Waals surface area contributed by atoms with Crippen LogP contribution in [0.3, 0.4) is 0 Å². The van der Waals surface area contributed by atoms with Crippen LogP contribution in [0, 0.1) is 5.92 Å². The summed E-state index contributed by atoms with van der Waals surface area (Å²) >= 11 is 0. The van der Waals surface area contributed by atoms with Crippen molar-refractivity contribution in [3.63, 3.8) is 0 Å². The number of nitrogens with one attached hydrogen (secondary N) is 1. The maximum Gasteiger partial charge on any atom is 0.152 e. The van der Waals surface area contributed by atoms with Crippen LogP contribution in [0.4, 0.5) is 0 Å². The maximum absolute atomic E-state index is 11.7. The molecule has 1 fully saturated rings. The molecule has 0 radical (unpaired) electrons. The second-order valence-corrected chi connectivity index (χ2v) is 8.62. The second kappa shape index (κ2) is 6.92. The Morgan fingerprint density at radius 1 is 1.48 bits per heavy atom. The van der Waals surface area contributed by atoms with Gasteiger partial charge < -0.3 is 5.32 Å². The van der Waals surface area contributed by atoms with Crippen LogP contribution in [0.5, 0.6) is 0 Å². The van der Waals surface area contributed by atoms with Crippen molar-refractivity contribution in [1.29, 1.82) is 0 Å². The van der Waals surface area contributed by atoms with Crippen LogP contribution in [0.1, 0.15) is 50.9 Å². The molecule has 0 aliphatic carbocycles. The van der Waals surface area contributed by atoms with E-state index >= 15 is 0 Å². The van der Waals surface area contributed by atoms with Crippen molar-refractivity contribution in [2.24, 2.45) is 5.92 Å². The van der Waals surface area contributed by atoms with Gasteiger partial charge in [-0.1, -0.05) is 27.2 Å². The van der Waals surface area contributed by atoms with Gasteiger partial charge in [0.15, 0.2) is 9.84 Å². The lowest BCUT2D eigenvalue weighted by atomic mass is 10.1. The summed E-state index contributed by atoms with van der Waals surface area (Å²) in [6, 6.07) is 0.0235. The van der Waals surface area contributed by atoms with Crippen LogP contribution >= 0.6 is 0 Å². The average Bonchev–Trinajstić information content (AvgIpc) is 2.94. The van der Waals surface area contributed by atoms with Gasteiger partial charge in [-0.25, -0.2) is 8.42 Å². The van der Waals surface area contributed by atoms with E-state index in [1.165, 1.54) is 11.3 Å². The molecular weight excluding hydrogens is 286 g/mol. The van der Waals surface area contributed by atoms with Gasteiger partial charge in [0.25, 0.3) is 0 Å². The number of hydrogen-bond acceptors (Lipinski definition) is 4. The summed E-state index contributed by atoms with van der Waals surface area (Å²) in [4.78, 5) is 0. The molecule has 1 aliphatic heterocycles. The normalized spacial score (nSPS) is 21.2. The number of aromatic nitrogens is 2. The summed E-state index contributed by atoms with van der Waals surface area (Å²) in [7, 11) is -2.87. The first-order chi connectivity index (χ1) is 9.93. The average molecular weight is 313 g/mol. The molecule has 0 bridgehead atoms. The largest absolute Gasteiger partial charge is 0.312 e. The van der Waals surface area contributed by atoms with Crippen molar-refractivity contribution in [2.75, 3.05) is 18.1 Å². The molecule has 1 aliphatic rings. The third-order valence-electron chi connectivity index (χ3n) is 3.89. The highest BCUT2D eigenvalue weighted by molar-refractivity contribution is 7.91. The molecule has 1 atom stereocenters. The van der Waals surface area contributed by atoms with E-state index in [0.29, 0.717) is 18.1 Å². The molecule has 0 aromatic carbocycles. The summed E-state index contributed by atoms with van der Waals surface area (Å²) in [6.07, 6.45) is 4.60. The minimum absolute atomic E-state index is 0.0235. The molecule has 1 aromatic heterocycles. The molecule has 2 heterocycles. The fourth-order valence-corrected chi connectivity index (χ4v) is 4.55. The molecular formula is C15H27N3O2S. The SMILES string of the molecule is CCCc1c(CNCC(C)C)cnn1C1CCS(=O)(=O)C1. The lowest BCUT2D eigenvalue weighted by Gasteiger charge is -2.14. The Hall–Kier alpha value is -0.880. The van der Waals surface area contributed by atoms with Crippen LogP contribution in [-0.2, 0) is 22.8 Å². The Morgan fingerprint density at radius 2 is 2.24 bits per heavy atom. The minimum atomic E-state index is -2.87. The molecule has 0 saturated carbocycles. The molecule has 0 amide bonds. The molecule has 1 N–H and O–H groups in total.